The first-order valence-electron chi connectivity index (χ1n) is 9.73. The lowest BCUT2D eigenvalue weighted by atomic mass is 9.84. The fourth-order valence-electron chi connectivity index (χ4n) is 5.15. The fraction of sp³-hybridized carbons (Fsp3) is 0.650. The topological polar surface area (TPSA) is 82.5 Å². The molecule has 4 atom stereocenters. The molecule has 4 rings (SSSR count). The predicted molar refractivity (Wildman–Crippen MR) is 97.8 cm³/mol. The van der Waals surface area contributed by atoms with Crippen molar-refractivity contribution in [3.05, 3.63) is 23.9 Å². The van der Waals surface area contributed by atoms with Gasteiger partial charge in [-0.05, 0) is 62.5 Å². The van der Waals surface area contributed by atoms with Gasteiger partial charge in [0.25, 0.3) is 0 Å². The lowest BCUT2D eigenvalue weighted by Gasteiger charge is -2.34. The molecular weight excluding hydrogens is 330 g/mol. The van der Waals surface area contributed by atoms with E-state index in [0.29, 0.717) is 5.92 Å². The number of carboxylic acids is 1. The maximum Gasteiger partial charge on any atom is 0.308 e. The molecule has 1 aliphatic heterocycles. The van der Waals surface area contributed by atoms with E-state index in [1.54, 1.807) is 0 Å². The van der Waals surface area contributed by atoms with Crippen molar-refractivity contribution in [2.45, 2.75) is 45.1 Å². The summed E-state index contributed by atoms with van der Waals surface area (Å²) in [6.07, 6.45) is 6.46. The van der Waals surface area contributed by atoms with Crippen LogP contribution in [0, 0.1) is 30.6 Å². The van der Waals surface area contributed by atoms with Crippen LogP contribution in [0.4, 0.5) is 5.82 Å². The largest absolute Gasteiger partial charge is 0.481 e. The molecule has 0 radical (unpaired) electrons. The minimum atomic E-state index is -0.747. The first-order chi connectivity index (χ1) is 12.5. The number of aliphatic carboxylic acids is 1. The number of amides is 1. The minimum absolute atomic E-state index is 0.0229. The summed E-state index contributed by atoms with van der Waals surface area (Å²) in [7, 11) is 0. The van der Waals surface area contributed by atoms with Gasteiger partial charge in [-0.2, -0.15) is 0 Å². The molecule has 140 valence electrons. The SMILES string of the molecule is Cc1ccc(N2CCC(C(=O)N[C@H]3[C@@H]4CC[C@@H](C4)[C@H]3C(=O)O)CC2)nc1. The molecule has 0 aromatic carbocycles. The van der Waals surface area contributed by atoms with E-state index in [4.69, 9.17) is 0 Å². The highest BCUT2D eigenvalue weighted by Crippen LogP contribution is 2.48. The van der Waals surface area contributed by atoms with Crippen molar-refractivity contribution in [3.63, 3.8) is 0 Å². The smallest absolute Gasteiger partial charge is 0.308 e. The van der Waals surface area contributed by atoms with Crippen molar-refractivity contribution in [1.29, 1.82) is 0 Å². The highest BCUT2D eigenvalue weighted by Gasteiger charge is 2.51. The number of nitrogens with zero attached hydrogens (tertiary/aromatic N) is 2. The zero-order valence-electron chi connectivity index (χ0n) is 15.2. The lowest BCUT2D eigenvalue weighted by molar-refractivity contribution is -0.145. The Morgan fingerprint density at radius 1 is 1.15 bits per heavy atom. The first-order valence-corrected chi connectivity index (χ1v) is 9.73. The number of hydrogen-bond donors (Lipinski definition) is 2. The number of fused-ring (bicyclic) bond motifs is 2. The predicted octanol–water partition coefficient (Wildman–Crippen LogP) is 2.22. The maximum absolute atomic E-state index is 12.7. The van der Waals surface area contributed by atoms with Crippen LogP contribution in [0.25, 0.3) is 0 Å². The Hall–Kier alpha value is -2.11. The van der Waals surface area contributed by atoms with Crippen molar-refractivity contribution in [2.24, 2.45) is 23.7 Å². The van der Waals surface area contributed by atoms with Gasteiger partial charge in [-0.3, -0.25) is 9.59 Å². The number of carbonyl (C=O) groups is 2. The van der Waals surface area contributed by atoms with Gasteiger partial charge in [0.2, 0.25) is 5.91 Å². The van der Waals surface area contributed by atoms with Gasteiger partial charge in [0.1, 0.15) is 5.82 Å². The maximum atomic E-state index is 12.7. The van der Waals surface area contributed by atoms with Crippen molar-refractivity contribution in [1.82, 2.24) is 10.3 Å². The van der Waals surface area contributed by atoms with Gasteiger partial charge in [0.05, 0.1) is 5.92 Å². The molecule has 2 bridgehead atoms. The van der Waals surface area contributed by atoms with E-state index < -0.39 is 11.9 Å². The fourth-order valence-corrected chi connectivity index (χ4v) is 5.15. The third-order valence-electron chi connectivity index (χ3n) is 6.60. The lowest BCUT2D eigenvalue weighted by Crippen LogP contribution is -2.50. The number of carbonyl (C=O) groups excluding carboxylic acids is 1. The van der Waals surface area contributed by atoms with E-state index in [1.165, 1.54) is 0 Å². The van der Waals surface area contributed by atoms with Gasteiger partial charge < -0.3 is 15.3 Å². The summed E-state index contributed by atoms with van der Waals surface area (Å²) in [5.74, 6) is 0.445. The number of rotatable bonds is 4. The van der Waals surface area contributed by atoms with E-state index in [-0.39, 0.29) is 23.8 Å². The number of pyridine rings is 1. The number of nitrogens with one attached hydrogen (secondary N) is 1. The van der Waals surface area contributed by atoms with E-state index in [1.807, 2.05) is 19.2 Å². The molecule has 3 aliphatic rings. The Labute approximate surface area is 154 Å². The molecule has 6 nitrogen and oxygen atoms in total. The van der Waals surface area contributed by atoms with Gasteiger partial charge in [-0.25, -0.2) is 4.98 Å². The molecular formula is C20H27N3O3. The summed E-state index contributed by atoms with van der Waals surface area (Å²) in [6, 6.07) is 3.92. The number of aryl methyl sites for hydroxylation is 1. The molecule has 2 heterocycles. The number of piperidine rings is 1. The summed E-state index contributed by atoms with van der Waals surface area (Å²) in [5, 5.41) is 12.7. The van der Waals surface area contributed by atoms with Crippen molar-refractivity contribution >= 4 is 17.7 Å². The number of carboxylic acid groups (broad SMARTS) is 1. The number of aromatic nitrogens is 1. The van der Waals surface area contributed by atoms with Crippen molar-refractivity contribution in [2.75, 3.05) is 18.0 Å². The van der Waals surface area contributed by atoms with Crippen LogP contribution in [0.5, 0.6) is 0 Å². The zero-order valence-corrected chi connectivity index (χ0v) is 15.2. The van der Waals surface area contributed by atoms with E-state index in [2.05, 4.69) is 21.3 Å². The molecule has 0 spiro atoms. The van der Waals surface area contributed by atoms with Gasteiger partial charge in [0, 0.05) is 31.2 Å². The molecule has 6 heteroatoms. The molecule has 0 unspecified atom stereocenters. The second-order valence-corrected chi connectivity index (χ2v) is 8.19. The Bertz CT molecular complexity index is 682. The standard InChI is InChI=1S/C20H27N3O3/c1-12-2-5-16(21-11-12)23-8-6-13(7-9-23)19(24)22-18-15-4-3-14(10-15)17(18)20(25)26/h2,5,11,13-15,17-18H,3-4,6-10H2,1H3,(H,22,24)(H,25,26)/t14-,15+,17+,18-/m0/s1. The van der Waals surface area contributed by atoms with Crippen LogP contribution in [0.1, 0.15) is 37.7 Å². The molecule has 2 saturated carbocycles. The molecule has 2 aliphatic carbocycles. The highest BCUT2D eigenvalue weighted by atomic mass is 16.4. The van der Waals surface area contributed by atoms with Crippen LogP contribution in [0.15, 0.2) is 18.3 Å². The molecule has 26 heavy (non-hydrogen) atoms. The Morgan fingerprint density at radius 3 is 2.54 bits per heavy atom. The second-order valence-electron chi connectivity index (χ2n) is 8.19. The average Bonchev–Trinajstić information content (AvgIpc) is 3.24. The summed E-state index contributed by atoms with van der Waals surface area (Å²) >= 11 is 0. The number of hydrogen-bond acceptors (Lipinski definition) is 4. The van der Waals surface area contributed by atoms with E-state index >= 15 is 0 Å². The molecule has 1 amide bonds. The molecule has 1 aromatic rings. The molecule has 3 fully saturated rings. The van der Waals surface area contributed by atoms with Crippen LogP contribution >= 0.6 is 0 Å². The summed E-state index contributed by atoms with van der Waals surface area (Å²) < 4.78 is 0. The summed E-state index contributed by atoms with van der Waals surface area (Å²) in [5.41, 5.74) is 1.14. The average molecular weight is 357 g/mol. The highest BCUT2D eigenvalue weighted by molar-refractivity contribution is 5.81. The third kappa shape index (κ3) is 3.17. The second kappa shape index (κ2) is 6.89. The van der Waals surface area contributed by atoms with Crippen LogP contribution in [0.2, 0.25) is 0 Å². The Balaban J connectivity index is 1.34. The van der Waals surface area contributed by atoms with Gasteiger partial charge >= 0.3 is 5.97 Å². The minimum Gasteiger partial charge on any atom is -0.481 e. The summed E-state index contributed by atoms with van der Waals surface area (Å²) in [6.45, 7) is 3.65. The van der Waals surface area contributed by atoms with Crippen LogP contribution in [-0.2, 0) is 9.59 Å². The van der Waals surface area contributed by atoms with E-state index in [9.17, 15) is 14.7 Å². The van der Waals surface area contributed by atoms with Gasteiger partial charge in [-0.1, -0.05) is 6.07 Å². The first kappa shape index (κ1) is 17.3. The summed E-state index contributed by atoms with van der Waals surface area (Å²) in [4.78, 5) is 31.1. The number of anilines is 1. The van der Waals surface area contributed by atoms with E-state index in [0.717, 1.165) is 56.6 Å². The third-order valence-corrected chi connectivity index (χ3v) is 6.60. The quantitative estimate of drug-likeness (QED) is 0.863. The Morgan fingerprint density at radius 2 is 1.88 bits per heavy atom. The molecule has 2 N–H and O–H groups in total. The van der Waals surface area contributed by atoms with Gasteiger partial charge in [-0.15, -0.1) is 0 Å². The monoisotopic (exact) mass is 357 g/mol. The molecule has 1 saturated heterocycles. The van der Waals surface area contributed by atoms with Crippen LogP contribution in [-0.4, -0.2) is 41.1 Å². The van der Waals surface area contributed by atoms with Crippen molar-refractivity contribution < 1.29 is 14.7 Å². The normalized spacial score (nSPS) is 31.2. The van der Waals surface area contributed by atoms with Crippen LogP contribution in [0.3, 0.4) is 0 Å². The molecule has 1 aromatic heterocycles. The van der Waals surface area contributed by atoms with Crippen molar-refractivity contribution in [3.8, 4) is 0 Å². The zero-order chi connectivity index (χ0) is 18.3. The van der Waals surface area contributed by atoms with Crippen LogP contribution < -0.4 is 10.2 Å². The Kier molecular flexibility index (Phi) is 4.59. The van der Waals surface area contributed by atoms with Gasteiger partial charge in [0.15, 0.2) is 0 Å².